The van der Waals surface area contributed by atoms with Gasteiger partial charge >= 0.3 is 5.97 Å². The summed E-state index contributed by atoms with van der Waals surface area (Å²) in [5.41, 5.74) is 2.58. The highest BCUT2D eigenvalue weighted by molar-refractivity contribution is 9.25. The molecule has 0 bridgehead atoms. The molecule has 0 saturated carbocycles. The molecule has 0 aromatic heterocycles. The largest absolute Gasteiger partial charge is 0.460 e. The fourth-order valence-corrected chi connectivity index (χ4v) is 1.28. The van der Waals surface area contributed by atoms with Crippen LogP contribution in [0.4, 0.5) is 0 Å². The minimum Gasteiger partial charge on any atom is -0.460 e. The summed E-state index contributed by atoms with van der Waals surface area (Å²) in [7, 11) is 0. The van der Waals surface area contributed by atoms with Gasteiger partial charge in [-0.3, -0.25) is 0 Å². The number of carbonyl (C=O) groups excluding carboxylic acids is 1. The molecule has 0 aromatic carbocycles. The van der Waals surface area contributed by atoms with Gasteiger partial charge in [0.15, 0.2) is 3.74 Å². The first-order valence-corrected chi connectivity index (χ1v) is 7.00. The van der Waals surface area contributed by atoms with Gasteiger partial charge in [-0.2, -0.15) is 0 Å². The van der Waals surface area contributed by atoms with Gasteiger partial charge in [0.2, 0.25) is 0 Å². The van der Waals surface area contributed by atoms with Crippen LogP contribution < -0.4 is 0 Å². The smallest absolute Gasteiger partial charge is 0.330 e. The van der Waals surface area contributed by atoms with Crippen LogP contribution in [0.25, 0.3) is 0 Å². The lowest BCUT2D eigenvalue weighted by Crippen LogP contribution is -2.11. The molecule has 0 N–H and O–H groups in total. The lowest BCUT2D eigenvalue weighted by molar-refractivity contribution is -0.139. The van der Waals surface area contributed by atoms with Crippen LogP contribution in [0.2, 0.25) is 0 Å². The molecular weight excluding hydrogens is 336 g/mol. The van der Waals surface area contributed by atoms with Gasteiger partial charge in [-0.05, 0) is 39.7 Å². The maximum absolute atomic E-state index is 11.1. The minimum atomic E-state index is -0.417. The first-order chi connectivity index (χ1) is 7.43. The van der Waals surface area contributed by atoms with Crippen molar-refractivity contribution in [1.82, 2.24) is 0 Å². The average molecular weight is 354 g/mol. The molecule has 0 spiro atoms. The van der Waals surface area contributed by atoms with Crippen LogP contribution in [-0.2, 0) is 9.53 Å². The quantitative estimate of drug-likeness (QED) is 0.403. The monoisotopic (exact) mass is 352 g/mol. The molecule has 0 saturated heterocycles. The summed E-state index contributed by atoms with van der Waals surface area (Å²) >= 11 is 6.16. The molecule has 0 amide bonds. The van der Waals surface area contributed by atoms with Crippen molar-refractivity contribution in [3.8, 4) is 0 Å². The predicted molar refractivity (Wildman–Crippen MR) is 75.0 cm³/mol. The fraction of sp³-hybridized carbons (Fsp3) is 0.583. The van der Waals surface area contributed by atoms with Crippen LogP contribution in [0.3, 0.4) is 0 Å². The summed E-state index contributed by atoms with van der Waals surface area (Å²) in [6.45, 7) is 6.57. The Morgan fingerprint density at radius 1 is 1.25 bits per heavy atom. The summed E-state index contributed by atoms with van der Waals surface area (Å²) in [5.74, 6) is -0.298. The van der Waals surface area contributed by atoms with E-state index in [2.05, 4.69) is 51.8 Å². The predicted octanol–water partition coefficient (Wildman–Crippen LogP) is 4.34. The first-order valence-electron chi connectivity index (χ1n) is 5.17. The van der Waals surface area contributed by atoms with Crippen LogP contribution in [-0.4, -0.2) is 16.3 Å². The Morgan fingerprint density at radius 2 is 1.88 bits per heavy atom. The van der Waals surface area contributed by atoms with Gasteiger partial charge in [-0.15, -0.1) is 0 Å². The zero-order chi connectivity index (χ0) is 12.6. The Kier molecular flexibility index (Phi) is 8.94. The third-order valence-electron chi connectivity index (χ3n) is 1.93. The number of ether oxygens (including phenoxy) is 1. The molecule has 0 aliphatic carbocycles. The lowest BCUT2D eigenvalue weighted by Gasteiger charge is -2.03. The second-order valence-electron chi connectivity index (χ2n) is 3.80. The van der Waals surface area contributed by atoms with Gasteiger partial charge < -0.3 is 4.74 Å². The van der Waals surface area contributed by atoms with Crippen LogP contribution in [0, 0.1) is 0 Å². The molecular formula is C12H18Br2O2. The van der Waals surface area contributed by atoms with E-state index in [1.165, 1.54) is 11.1 Å². The van der Waals surface area contributed by atoms with E-state index < -0.39 is 3.74 Å². The summed E-state index contributed by atoms with van der Waals surface area (Å²) in [5, 5.41) is 0. The van der Waals surface area contributed by atoms with E-state index in [1.807, 2.05) is 13.0 Å². The van der Waals surface area contributed by atoms with Crippen molar-refractivity contribution < 1.29 is 9.53 Å². The summed E-state index contributed by atoms with van der Waals surface area (Å²) in [4.78, 5) is 11.1. The molecule has 0 atom stereocenters. The summed E-state index contributed by atoms with van der Waals surface area (Å²) in [6, 6.07) is 0. The highest BCUT2D eigenvalue weighted by Crippen LogP contribution is 2.10. The Labute approximate surface area is 114 Å². The van der Waals surface area contributed by atoms with Crippen molar-refractivity contribution in [3.05, 3.63) is 23.3 Å². The van der Waals surface area contributed by atoms with Gasteiger partial charge in [0, 0.05) is 0 Å². The van der Waals surface area contributed by atoms with Crippen molar-refractivity contribution in [2.75, 3.05) is 6.61 Å². The zero-order valence-electron chi connectivity index (χ0n) is 9.93. The number of alkyl halides is 2. The Morgan fingerprint density at radius 3 is 2.38 bits per heavy atom. The van der Waals surface area contributed by atoms with Gasteiger partial charge in [0.1, 0.15) is 6.61 Å². The van der Waals surface area contributed by atoms with Gasteiger partial charge in [-0.25, -0.2) is 4.79 Å². The standard InChI is InChI=1S/C12H18Br2O2/c1-9(2)5-4-6-10(3)7-8-16-12(15)11(13)14/h5,7,11H,4,6,8H2,1-3H3/b10-7+. The van der Waals surface area contributed by atoms with Crippen molar-refractivity contribution in [1.29, 1.82) is 0 Å². The number of allylic oxidation sites excluding steroid dienone is 3. The molecule has 0 radical (unpaired) electrons. The zero-order valence-corrected chi connectivity index (χ0v) is 13.1. The van der Waals surface area contributed by atoms with E-state index in [0.29, 0.717) is 6.61 Å². The van der Waals surface area contributed by atoms with Crippen molar-refractivity contribution >= 4 is 37.8 Å². The summed E-state index contributed by atoms with van der Waals surface area (Å²) < 4.78 is 4.56. The van der Waals surface area contributed by atoms with Crippen molar-refractivity contribution in [2.45, 2.75) is 37.3 Å². The number of halogens is 2. The Hall–Kier alpha value is -0.0900. The molecule has 2 nitrogen and oxygen atoms in total. The molecule has 16 heavy (non-hydrogen) atoms. The third-order valence-corrected chi connectivity index (χ3v) is 2.67. The molecule has 92 valence electrons. The molecule has 0 rings (SSSR count). The molecule has 0 aliphatic rings. The van der Waals surface area contributed by atoms with E-state index in [0.717, 1.165) is 12.8 Å². The Bertz CT molecular complexity index is 277. The van der Waals surface area contributed by atoms with E-state index in [4.69, 9.17) is 4.74 Å². The van der Waals surface area contributed by atoms with E-state index in [1.54, 1.807) is 0 Å². The topological polar surface area (TPSA) is 26.3 Å². The van der Waals surface area contributed by atoms with Crippen LogP contribution in [0.1, 0.15) is 33.6 Å². The molecule has 0 aliphatic heterocycles. The van der Waals surface area contributed by atoms with Gasteiger partial charge in [-0.1, -0.05) is 49.1 Å². The van der Waals surface area contributed by atoms with Crippen LogP contribution in [0.15, 0.2) is 23.3 Å². The molecule has 4 heteroatoms. The number of esters is 1. The average Bonchev–Trinajstić information content (AvgIpc) is 2.16. The Balaban J connectivity index is 3.79. The van der Waals surface area contributed by atoms with Gasteiger partial charge in [0.05, 0.1) is 0 Å². The number of hydrogen-bond acceptors (Lipinski definition) is 2. The number of hydrogen-bond donors (Lipinski definition) is 0. The maximum atomic E-state index is 11.1. The van der Waals surface area contributed by atoms with Crippen LogP contribution in [0.5, 0.6) is 0 Å². The summed E-state index contributed by atoms with van der Waals surface area (Å²) in [6.07, 6.45) is 6.20. The second kappa shape index (κ2) is 8.99. The molecule has 0 aromatic rings. The molecule has 0 fully saturated rings. The van der Waals surface area contributed by atoms with Crippen molar-refractivity contribution in [2.24, 2.45) is 0 Å². The lowest BCUT2D eigenvalue weighted by atomic mass is 10.1. The van der Waals surface area contributed by atoms with E-state index in [-0.39, 0.29) is 5.97 Å². The SMILES string of the molecule is CC(C)=CCC/C(C)=C/COC(=O)C(Br)Br. The van der Waals surface area contributed by atoms with Crippen molar-refractivity contribution in [3.63, 3.8) is 0 Å². The molecule has 0 unspecified atom stereocenters. The highest BCUT2D eigenvalue weighted by atomic mass is 79.9. The highest BCUT2D eigenvalue weighted by Gasteiger charge is 2.10. The van der Waals surface area contributed by atoms with E-state index in [9.17, 15) is 4.79 Å². The van der Waals surface area contributed by atoms with Gasteiger partial charge in [0.25, 0.3) is 0 Å². The normalized spacial score (nSPS) is 11.5. The minimum absolute atomic E-state index is 0.298. The second-order valence-corrected chi connectivity index (χ2v) is 6.86. The fourth-order valence-electron chi connectivity index (χ4n) is 1.02. The van der Waals surface area contributed by atoms with Crippen LogP contribution >= 0.6 is 31.9 Å². The number of carbonyl (C=O) groups is 1. The number of rotatable bonds is 6. The third kappa shape index (κ3) is 9.16. The van der Waals surface area contributed by atoms with E-state index >= 15 is 0 Å². The molecule has 0 heterocycles. The first kappa shape index (κ1) is 15.9. The maximum Gasteiger partial charge on any atom is 0.330 e.